The second kappa shape index (κ2) is 11.5. The molecule has 1 aliphatic rings. The molecule has 23 heavy (non-hydrogen) atoms. The molecule has 2 atom stereocenters. The molecule has 2 nitrogen and oxygen atoms in total. The number of hydrogen-bond donors (Lipinski definition) is 0. The Hall–Kier alpha value is -1.05. The summed E-state index contributed by atoms with van der Waals surface area (Å²) in [5.41, 5.74) is 0.986. The van der Waals surface area contributed by atoms with Gasteiger partial charge in [-0.3, -0.25) is 0 Å². The van der Waals surface area contributed by atoms with Gasteiger partial charge in [0.15, 0.2) is 0 Å². The molecule has 2 heteroatoms. The second-order valence-electron chi connectivity index (χ2n) is 7.42. The number of esters is 1. The average Bonchev–Trinajstić information content (AvgIpc) is 2.99. The summed E-state index contributed by atoms with van der Waals surface area (Å²) in [6.07, 6.45) is 16.8. The van der Waals surface area contributed by atoms with Crippen LogP contribution in [0.25, 0.3) is 0 Å². The molecule has 0 aromatic carbocycles. The Morgan fingerprint density at radius 2 is 1.83 bits per heavy atom. The second-order valence-corrected chi connectivity index (χ2v) is 7.42. The van der Waals surface area contributed by atoms with Crippen molar-refractivity contribution in [3.63, 3.8) is 0 Å². The highest BCUT2D eigenvalue weighted by atomic mass is 16.5. The molecule has 0 heterocycles. The van der Waals surface area contributed by atoms with Gasteiger partial charge in [0, 0.05) is 6.08 Å². The molecular weight excluding hydrogens is 284 g/mol. The van der Waals surface area contributed by atoms with E-state index in [1.54, 1.807) is 6.08 Å². The van der Waals surface area contributed by atoms with Crippen molar-refractivity contribution in [2.24, 2.45) is 11.8 Å². The Kier molecular flexibility index (Phi) is 9.98. The van der Waals surface area contributed by atoms with Crippen molar-refractivity contribution in [3.05, 3.63) is 23.8 Å². The van der Waals surface area contributed by atoms with Crippen LogP contribution in [0.5, 0.6) is 0 Å². The molecule has 0 bridgehead atoms. The molecule has 0 aromatic heterocycles. The summed E-state index contributed by atoms with van der Waals surface area (Å²) in [6, 6.07) is 0. The molecule has 1 saturated carbocycles. The summed E-state index contributed by atoms with van der Waals surface area (Å²) >= 11 is 0. The molecule has 0 amide bonds. The summed E-state index contributed by atoms with van der Waals surface area (Å²) < 4.78 is 5.45. The lowest BCUT2D eigenvalue weighted by Gasteiger charge is -2.11. The van der Waals surface area contributed by atoms with Gasteiger partial charge in [0.2, 0.25) is 0 Å². The smallest absolute Gasteiger partial charge is 0.331 e. The normalized spacial score (nSPS) is 19.2. The lowest BCUT2D eigenvalue weighted by atomic mass is 9.95. The molecule has 132 valence electrons. The van der Waals surface area contributed by atoms with Crippen molar-refractivity contribution >= 4 is 5.97 Å². The Morgan fingerprint density at radius 1 is 1.17 bits per heavy atom. The third kappa shape index (κ3) is 9.63. The number of carbonyl (C=O) groups is 1. The van der Waals surface area contributed by atoms with Crippen molar-refractivity contribution in [1.29, 1.82) is 0 Å². The summed E-state index contributed by atoms with van der Waals surface area (Å²) in [5, 5.41) is 0. The van der Waals surface area contributed by atoms with E-state index in [0.717, 1.165) is 30.8 Å². The third-order valence-electron chi connectivity index (χ3n) is 4.94. The average molecular weight is 321 g/mol. The fourth-order valence-corrected chi connectivity index (χ4v) is 3.06. The van der Waals surface area contributed by atoms with Crippen LogP contribution in [0.1, 0.15) is 85.5 Å². The van der Waals surface area contributed by atoms with Crippen molar-refractivity contribution < 1.29 is 9.53 Å². The Balaban J connectivity index is 2.21. The van der Waals surface area contributed by atoms with Gasteiger partial charge in [-0.25, -0.2) is 4.79 Å². The molecule has 1 fully saturated rings. The molecule has 1 aliphatic carbocycles. The molecule has 0 N–H and O–H groups in total. The fraction of sp³-hybridized carbons (Fsp3) is 0.762. The van der Waals surface area contributed by atoms with Gasteiger partial charge < -0.3 is 4.74 Å². The van der Waals surface area contributed by atoms with Crippen LogP contribution in [0.3, 0.4) is 0 Å². The molecule has 0 aromatic rings. The zero-order valence-corrected chi connectivity index (χ0v) is 15.6. The predicted octanol–water partition coefficient (Wildman–Crippen LogP) is 6.22. The Bertz CT molecular complexity index is 389. The minimum absolute atomic E-state index is 0.154. The lowest BCUT2D eigenvalue weighted by molar-refractivity contribution is -0.142. The van der Waals surface area contributed by atoms with Gasteiger partial charge in [0.25, 0.3) is 0 Å². The largest absolute Gasteiger partial charge is 0.459 e. The van der Waals surface area contributed by atoms with E-state index in [-0.39, 0.29) is 12.1 Å². The molecule has 1 rings (SSSR count). The lowest BCUT2D eigenvalue weighted by Crippen LogP contribution is -2.12. The van der Waals surface area contributed by atoms with Crippen LogP contribution in [-0.2, 0) is 9.53 Å². The SMILES string of the molecule is CCC(C)CCCC(C)CC=CC(C)=CC(=O)OC1CCCC1. The van der Waals surface area contributed by atoms with Gasteiger partial charge in [0.05, 0.1) is 0 Å². The molecular formula is C21H36O2. The van der Waals surface area contributed by atoms with Crippen LogP contribution in [0.4, 0.5) is 0 Å². The first-order valence-electron chi connectivity index (χ1n) is 9.56. The first kappa shape index (κ1) is 20.0. The monoisotopic (exact) mass is 320 g/mol. The van der Waals surface area contributed by atoms with E-state index >= 15 is 0 Å². The standard InChI is InChI=1S/C21H36O2/c1-5-17(2)10-8-11-18(3)12-9-13-19(4)16-21(22)23-20-14-6-7-15-20/h9,13,16-18,20H,5-8,10-12,14-15H2,1-4H3. The molecule has 2 unspecified atom stereocenters. The number of ether oxygens (including phenoxy) is 1. The van der Waals surface area contributed by atoms with E-state index in [4.69, 9.17) is 4.74 Å². The van der Waals surface area contributed by atoms with Crippen LogP contribution in [-0.4, -0.2) is 12.1 Å². The highest BCUT2D eigenvalue weighted by Gasteiger charge is 2.17. The Labute approximate surface area is 143 Å². The van der Waals surface area contributed by atoms with Crippen molar-refractivity contribution in [3.8, 4) is 0 Å². The van der Waals surface area contributed by atoms with Crippen molar-refractivity contribution in [2.45, 2.75) is 91.6 Å². The fourth-order valence-electron chi connectivity index (χ4n) is 3.06. The van der Waals surface area contributed by atoms with Crippen molar-refractivity contribution in [1.82, 2.24) is 0 Å². The third-order valence-corrected chi connectivity index (χ3v) is 4.94. The molecule has 0 aliphatic heterocycles. The maximum Gasteiger partial charge on any atom is 0.331 e. The molecule has 0 spiro atoms. The summed E-state index contributed by atoms with van der Waals surface area (Å²) in [4.78, 5) is 11.8. The number of carbonyl (C=O) groups excluding carboxylic acids is 1. The van der Waals surface area contributed by atoms with Crippen LogP contribution >= 0.6 is 0 Å². The van der Waals surface area contributed by atoms with E-state index < -0.39 is 0 Å². The van der Waals surface area contributed by atoms with Gasteiger partial charge in [0.1, 0.15) is 6.10 Å². The first-order valence-corrected chi connectivity index (χ1v) is 9.56. The highest BCUT2D eigenvalue weighted by molar-refractivity contribution is 5.83. The van der Waals surface area contributed by atoms with Gasteiger partial charge in [-0.1, -0.05) is 58.6 Å². The minimum Gasteiger partial charge on any atom is -0.459 e. The zero-order valence-electron chi connectivity index (χ0n) is 15.6. The van der Waals surface area contributed by atoms with E-state index in [0.29, 0.717) is 5.92 Å². The van der Waals surface area contributed by atoms with Crippen molar-refractivity contribution in [2.75, 3.05) is 0 Å². The van der Waals surface area contributed by atoms with Gasteiger partial charge in [-0.15, -0.1) is 0 Å². The quantitative estimate of drug-likeness (QED) is 0.271. The zero-order chi connectivity index (χ0) is 17.1. The number of rotatable bonds is 10. The molecule has 0 radical (unpaired) electrons. The number of allylic oxidation sites excluding steroid dienone is 3. The van der Waals surface area contributed by atoms with Crippen LogP contribution in [0.2, 0.25) is 0 Å². The minimum atomic E-state index is -0.180. The number of hydrogen-bond acceptors (Lipinski definition) is 2. The van der Waals surface area contributed by atoms with Crippen LogP contribution < -0.4 is 0 Å². The summed E-state index contributed by atoms with van der Waals surface area (Å²) in [5.74, 6) is 1.39. The van der Waals surface area contributed by atoms with Gasteiger partial charge in [-0.2, -0.15) is 0 Å². The maximum absolute atomic E-state index is 11.8. The van der Waals surface area contributed by atoms with Gasteiger partial charge >= 0.3 is 5.97 Å². The van der Waals surface area contributed by atoms with E-state index in [2.05, 4.69) is 32.9 Å². The highest BCUT2D eigenvalue weighted by Crippen LogP contribution is 2.21. The maximum atomic E-state index is 11.8. The summed E-state index contributed by atoms with van der Waals surface area (Å²) in [6.45, 7) is 8.89. The first-order chi connectivity index (χ1) is 11.0. The predicted molar refractivity (Wildman–Crippen MR) is 98.3 cm³/mol. The molecule has 0 saturated heterocycles. The van der Waals surface area contributed by atoms with Gasteiger partial charge in [-0.05, 0) is 56.4 Å². The van der Waals surface area contributed by atoms with Crippen LogP contribution in [0.15, 0.2) is 23.8 Å². The van der Waals surface area contributed by atoms with E-state index in [9.17, 15) is 4.79 Å². The topological polar surface area (TPSA) is 26.3 Å². The summed E-state index contributed by atoms with van der Waals surface area (Å²) in [7, 11) is 0. The van der Waals surface area contributed by atoms with E-state index in [1.807, 2.05) is 6.92 Å². The Morgan fingerprint density at radius 3 is 2.48 bits per heavy atom. The van der Waals surface area contributed by atoms with E-state index in [1.165, 1.54) is 38.5 Å². The van der Waals surface area contributed by atoms with Crippen LogP contribution in [0, 0.1) is 11.8 Å².